The second-order valence-corrected chi connectivity index (χ2v) is 8.79. The first-order valence-electron chi connectivity index (χ1n) is 11.4. The summed E-state index contributed by atoms with van der Waals surface area (Å²) in [4.78, 5) is 31.2. The van der Waals surface area contributed by atoms with Gasteiger partial charge in [0.15, 0.2) is 5.78 Å². The van der Waals surface area contributed by atoms with E-state index in [0.29, 0.717) is 41.3 Å². The number of dihydropyridines is 1. The highest BCUT2D eigenvalue weighted by molar-refractivity contribution is 6.10. The van der Waals surface area contributed by atoms with Gasteiger partial charge in [-0.25, -0.2) is 8.78 Å². The summed E-state index contributed by atoms with van der Waals surface area (Å²) >= 11 is 0. The summed E-state index contributed by atoms with van der Waals surface area (Å²) in [6, 6.07) is 16.4. The summed E-state index contributed by atoms with van der Waals surface area (Å²) in [5.41, 5.74) is 3.82. The fourth-order valence-corrected chi connectivity index (χ4v) is 4.96. The Hall–Kier alpha value is -4.13. The van der Waals surface area contributed by atoms with Crippen LogP contribution >= 0.6 is 0 Å². The third-order valence-corrected chi connectivity index (χ3v) is 6.54. The molecule has 176 valence electrons. The number of carbonyl (C=O) groups is 2. The lowest BCUT2D eigenvalue weighted by Gasteiger charge is -2.37. The van der Waals surface area contributed by atoms with Crippen molar-refractivity contribution < 1.29 is 18.4 Å². The van der Waals surface area contributed by atoms with E-state index in [1.165, 1.54) is 6.07 Å². The Bertz CT molecular complexity index is 1370. The van der Waals surface area contributed by atoms with E-state index < -0.39 is 23.5 Å². The number of amides is 1. The highest BCUT2D eigenvalue weighted by atomic mass is 19.1. The van der Waals surface area contributed by atoms with Crippen LogP contribution in [0.25, 0.3) is 0 Å². The molecule has 2 aromatic carbocycles. The molecule has 1 aromatic heterocycles. The first-order chi connectivity index (χ1) is 16.9. The lowest BCUT2D eigenvalue weighted by atomic mass is 9.72. The predicted molar refractivity (Wildman–Crippen MR) is 128 cm³/mol. The van der Waals surface area contributed by atoms with Crippen molar-refractivity contribution >= 4 is 17.4 Å². The molecule has 2 heterocycles. The average Bonchev–Trinajstić information content (AvgIpc) is 2.85. The number of nitrogens with zero attached hydrogens (tertiary/aromatic N) is 1. The zero-order valence-electron chi connectivity index (χ0n) is 19.0. The fraction of sp³-hybridized carbons (Fsp3) is 0.179. The molecule has 0 unspecified atom stereocenters. The van der Waals surface area contributed by atoms with E-state index in [-0.39, 0.29) is 17.4 Å². The quantitative estimate of drug-likeness (QED) is 0.538. The van der Waals surface area contributed by atoms with Crippen LogP contribution in [0.4, 0.5) is 14.5 Å². The number of hydrogen-bond acceptors (Lipinski definition) is 4. The Morgan fingerprint density at radius 1 is 1.03 bits per heavy atom. The van der Waals surface area contributed by atoms with E-state index in [0.717, 1.165) is 17.3 Å². The highest BCUT2D eigenvalue weighted by Crippen LogP contribution is 2.45. The monoisotopic (exact) mass is 471 g/mol. The minimum atomic E-state index is -0.877. The van der Waals surface area contributed by atoms with Crippen LogP contribution in [0.3, 0.4) is 0 Å². The fourth-order valence-electron chi connectivity index (χ4n) is 4.96. The van der Waals surface area contributed by atoms with Gasteiger partial charge in [-0.3, -0.25) is 14.6 Å². The number of hydrogen-bond donors (Lipinski definition) is 2. The normalized spacial score (nSPS) is 19.8. The molecule has 5 nitrogen and oxygen atoms in total. The smallest absolute Gasteiger partial charge is 0.254 e. The van der Waals surface area contributed by atoms with Crippen molar-refractivity contribution in [2.24, 2.45) is 0 Å². The summed E-state index contributed by atoms with van der Waals surface area (Å²) in [5, 5.41) is 5.84. The van der Waals surface area contributed by atoms with Crippen molar-refractivity contribution in [2.45, 2.75) is 31.6 Å². The molecule has 1 aliphatic heterocycles. The second-order valence-electron chi connectivity index (χ2n) is 8.79. The first kappa shape index (κ1) is 22.7. The maximum Gasteiger partial charge on any atom is 0.254 e. The Morgan fingerprint density at radius 2 is 1.80 bits per heavy atom. The lowest BCUT2D eigenvalue weighted by Crippen LogP contribution is -2.37. The summed E-state index contributed by atoms with van der Waals surface area (Å²) in [6.07, 6.45) is 4.21. The van der Waals surface area contributed by atoms with E-state index in [9.17, 15) is 18.4 Å². The number of anilines is 1. The topological polar surface area (TPSA) is 71.1 Å². The summed E-state index contributed by atoms with van der Waals surface area (Å²) < 4.78 is 27.6. The number of aromatic nitrogens is 1. The van der Waals surface area contributed by atoms with Crippen LogP contribution in [0.5, 0.6) is 0 Å². The maximum atomic E-state index is 14.3. The van der Waals surface area contributed by atoms with Gasteiger partial charge in [0.25, 0.3) is 5.91 Å². The molecule has 0 saturated carbocycles. The molecule has 1 amide bonds. The van der Waals surface area contributed by atoms with Crippen molar-refractivity contribution in [2.75, 3.05) is 5.32 Å². The molecular formula is C28H23F2N3O2. The van der Waals surface area contributed by atoms with Crippen LogP contribution in [-0.4, -0.2) is 16.7 Å². The molecule has 1 aliphatic carbocycles. The Balaban J connectivity index is 1.55. The van der Waals surface area contributed by atoms with E-state index in [4.69, 9.17) is 0 Å². The van der Waals surface area contributed by atoms with E-state index in [1.807, 2.05) is 36.4 Å². The van der Waals surface area contributed by atoms with Crippen molar-refractivity contribution in [1.82, 2.24) is 10.3 Å². The van der Waals surface area contributed by atoms with E-state index >= 15 is 0 Å². The SMILES string of the molecule is CC1=C(C(=O)Nc2ccc(F)cc2F)[C@H](c2cccnc2)C2=C(C[C@H](c3ccccc3)CC2=O)N1. The number of benzene rings is 2. The van der Waals surface area contributed by atoms with Crippen LogP contribution in [-0.2, 0) is 9.59 Å². The minimum Gasteiger partial charge on any atom is -0.362 e. The summed E-state index contributed by atoms with van der Waals surface area (Å²) in [7, 11) is 0. The van der Waals surface area contributed by atoms with Crippen LogP contribution in [0.15, 0.2) is 95.6 Å². The minimum absolute atomic E-state index is 0.0287. The molecule has 0 saturated heterocycles. The van der Waals surface area contributed by atoms with Crippen LogP contribution in [0.2, 0.25) is 0 Å². The number of pyridine rings is 1. The first-order valence-corrected chi connectivity index (χ1v) is 11.4. The van der Waals surface area contributed by atoms with Crippen LogP contribution < -0.4 is 10.6 Å². The molecule has 7 heteroatoms. The van der Waals surface area contributed by atoms with Gasteiger partial charge < -0.3 is 10.6 Å². The summed E-state index contributed by atoms with van der Waals surface area (Å²) in [5.74, 6) is -2.86. The van der Waals surface area contributed by atoms with Gasteiger partial charge in [-0.05, 0) is 48.6 Å². The van der Waals surface area contributed by atoms with Crippen molar-refractivity contribution in [3.63, 3.8) is 0 Å². The number of nitrogens with one attached hydrogen (secondary N) is 2. The van der Waals surface area contributed by atoms with Crippen molar-refractivity contribution in [1.29, 1.82) is 0 Å². The maximum absolute atomic E-state index is 14.3. The molecular weight excluding hydrogens is 448 g/mol. The van der Waals surface area contributed by atoms with E-state index in [1.54, 1.807) is 25.4 Å². The third-order valence-electron chi connectivity index (χ3n) is 6.54. The standard InChI is InChI=1S/C28H23F2N3O2/c1-16-25(28(35)33-22-10-9-20(29)14-21(22)30)26(18-8-5-11-31-15-18)27-23(32-16)12-19(13-24(27)34)17-6-3-2-4-7-17/h2-11,14-15,19,26,32H,12-13H2,1H3,(H,33,35)/t19-,26-/m0/s1. The van der Waals surface area contributed by atoms with Crippen molar-refractivity contribution in [3.05, 3.63) is 118 Å². The molecule has 0 radical (unpaired) electrons. The van der Waals surface area contributed by atoms with Gasteiger partial charge >= 0.3 is 0 Å². The number of rotatable bonds is 4. The number of ketones is 1. The second kappa shape index (κ2) is 9.25. The lowest BCUT2D eigenvalue weighted by molar-refractivity contribution is -0.116. The van der Waals surface area contributed by atoms with Gasteiger partial charge in [0, 0.05) is 53.3 Å². The summed E-state index contributed by atoms with van der Waals surface area (Å²) in [6.45, 7) is 1.76. The molecule has 2 atom stereocenters. The van der Waals surface area contributed by atoms with Gasteiger partial charge in [-0.1, -0.05) is 36.4 Å². The van der Waals surface area contributed by atoms with Crippen LogP contribution in [0, 0.1) is 11.6 Å². The molecule has 0 bridgehead atoms. The molecule has 0 fully saturated rings. The van der Waals surface area contributed by atoms with Gasteiger partial charge in [0.1, 0.15) is 11.6 Å². The Labute approximate surface area is 201 Å². The number of Topliss-reactive ketones (excluding diaryl/α,β-unsaturated/α-hetero) is 1. The number of carbonyl (C=O) groups excluding carboxylic acids is 2. The Kier molecular flexibility index (Phi) is 5.99. The molecule has 3 aromatic rings. The van der Waals surface area contributed by atoms with Gasteiger partial charge in [-0.2, -0.15) is 0 Å². The third kappa shape index (κ3) is 4.37. The highest BCUT2D eigenvalue weighted by Gasteiger charge is 2.41. The number of allylic oxidation sites excluding steroid dienone is 3. The van der Waals surface area contributed by atoms with E-state index in [2.05, 4.69) is 15.6 Å². The van der Waals surface area contributed by atoms with Gasteiger partial charge in [-0.15, -0.1) is 0 Å². The zero-order chi connectivity index (χ0) is 24.5. The molecule has 0 spiro atoms. The molecule has 5 rings (SSSR count). The van der Waals surface area contributed by atoms with Gasteiger partial charge in [0.2, 0.25) is 0 Å². The van der Waals surface area contributed by atoms with Gasteiger partial charge in [0.05, 0.1) is 5.69 Å². The molecule has 35 heavy (non-hydrogen) atoms. The average molecular weight is 472 g/mol. The number of halogens is 2. The predicted octanol–water partition coefficient (Wildman–Crippen LogP) is 5.36. The largest absolute Gasteiger partial charge is 0.362 e. The molecule has 2 N–H and O–H groups in total. The Morgan fingerprint density at radius 3 is 2.51 bits per heavy atom. The molecule has 2 aliphatic rings. The zero-order valence-corrected chi connectivity index (χ0v) is 19.0. The van der Waals surface area contributed by atoms with Crippen LogP contribution in [0.1, 0.15) is 42.7 Å². The van der Waals surface area contributed by atoms with Crippen molar-refractivity contribution in [3.8, 4) is 0 Å².